The molecule has 2 rings (SSSR count). The number of esters is 1. The summed E-state index contributed by atoms with van der Waals surface area (Å²) in [5, 5.41) is 7.15. The monoisotopic (exact) mass is 390 g/mol. The second kappa shape index (κ2) is 9.01. The molecule has 0 saturated carbocycles. The van der Waals surface area contributed by atoms with Gasteiger partial charge in [0, 0.05) is 5.69 Å². The van der Waals surface area contributed by atoms with E-state index in [2.05, 4.69) is 49.6 Å². The lowest BCUT2D eigenvalue weighted by Gasteiger charge is -2.18. The fourth-order valence-corrected chi connectivity index (χ4v) is 3.00. The molecule has 6 heteroatoms. The number of carbonyl (C=O) groups is 1. The van der Waals surface area contributed by atoms with Crippen LogP contribution >= 0.6 is 23.8 Å². The van der Waals surface area contributed by atoms with Crippen molar-refractivity contribution in [3.63, 3.8) is 0 Å². The normalized spacial score (nSPS) is 11.6. The van der Waals surface area contributed by atoms with Crippen molar-refractivity contribution in [1.29, 1.82) is 0 Å². The zero-order chi connectivity index (χ0) is 19.3. The molecule has 0 unspecified atom stereocenters. The van der Waals surface area contributed by atoms with Crippen LogP contribution in [0.25, 0.3) is 0 Å². The molecule has 0 fully saturated rings. The fourth-order valence-electron chi connectivity index (χ4n) is 2.45. The van der Waals surface area contributed by atoms with E-state index in [1.54, 1.807) is 25.1 Å². The van der Waals surface area contributed by atoms with E-state index in [-0.39, 0.29) is 6.04 Å². The highest BCUT2D eigenvalue weighted by atomic mass is 35.5. The minimum Gasteiger partial charge on any atom is -0.462 e. The summed E-state index contributed by atoms with van der Waals surface area (Å²) < 4.78 is 4.97. The van der Waals surface area contributed by atoms with E-state index in [0.29, 0.717) is 28.0 Å². The number of aryl methyl sites for hydroxylation is 2. The Balaban J connectivity index is 2.02. The van der Waals surface area contributed by atoms with E-state index in [1.807, 2.05) is 0 Å². The molecule has 0 aliphatic heterocycles. The number of ether oxygens (including phenoxy) is 1. The minimum absolute atomic E-state index is 0.0589. The van der Waals surface area contributed by atoms with E-state index in [4.69, 9.17) is 28.6 Å². The van der Waals surface area contributed by atoms with Gasteiger partial charge in [-0.05, 0) is 74.8 Å². The maximum atomic E-state index is 11.8. The molecule has 2 aromatic rings. The van der Waals surface area contributed by atoms with Gasteiger partial charge in [0.15, 0.2) is 5.11 Å². The van der Waals surface area contributed by atoms with Gasteiger partial charge in [-0.1, -0.05) is 29.8 Å². The standard InChI is InChI=1S/C20H23ClN2O2S/c1-5-25-19(24)17-9-8-16(11-18(17)21)23-20(26)22-14(4)15-7-6-12(2)13(3)10-15/h6-11,14H,5H2,1-4H3,(H2,22,23,26)/t14-/m1/s1. The molecule has 0 aromatic heterocycles. The zero-order valence-corrected chi connectivity index (χ0v) is 16.9. The summed E-state index contributed by atoms with van der Waals surface area (Å²) in [6.07, 6.45) is 0. The number of carbonyl (C=O) groups excluding carboxylic acids is 1. The number of nitrogens with one attached hydrogen (secondary N) is 2. The molecule has 2 N–H and O–H groups in total. The van der Waals surface area contributed by atoms with E-state index in [1.165, 1.54) is 11.1 Å². The summed E-state index contributed by atoms with van der Waals surface area (Å²) in [5.41, 5.74) is 4.71. The summed E-state index contributed by atoms with van der Waals surface area (Å²) >= 11 is 11.6. The molecule has 0 aliphatic carbocycles. The van der Waals surface area contributed by atoms with Crippen LogP contribution in [-0.2, 0) is 4.74 Å². The Morgan fingerprint density at radius 3 is 2.54 bits per heavy atom. The second-order valence-corrected chi connectivity index (χ2v) is 6.89. The second-order valence-electron chi connectivity index (χ2n) is 6.08. The number of hydrogen-bond donors (Lipinski definition) is 2. The van der Waals surface area contributed by atoms with Gasteiger partial charge in [0.05, 0.1) is 23.2 Å². The van der Waals surface area contributed by atoms with Crippen molar-refractivity contribution in [2.24, 2.45) is 0 Å². The summed E-state index contributed by atoms with van der Waals surface area (Å²) in [6.45, 7) is 8.29. The summed E-state index contributed by atoms with van der Waals surface area (Å²) in [4.78, 5) is 11.8. The number of benzene rings is 2. The Hall–Kier alpha value is -2.11. The Morgan fingerprint density at radius 2 is 1.92 bits per heavy atom. The van der Waals surface area contributed by atoms with Crippen LogP contribution in [0.1, 0.15) is 46.9 Å². The Labute approximate surface area is 164 Å². The van der Waals surface area contributed by atoms with Crippen molar-refractivity contribution in [3.05, 3.63) is 63.7 Å². The van der Waals surface area contributed by atoms with Crippen LogP contribution in [0, 0.1) is 13.8 Å². The number of thiocarbonyl (C=S) groups is 1. The molecule has 138 valence electrons. The summed E-state index contributed by atoms with van der Waals surface area (Å²) in [5.74, 6) is -0.437. The van der Waals surface area contributed by atoms with Crippen LogP contribution in [0.2, 0.25) is 5.02 Å². The van der Waals surface area contributed by atoms with Crippen molar-refractivity contribution in [3.8, 4) is 0 Å². The third kappa shape index (κ3) is 5.19. The first kappa shape index (κ1) is 20.2. The molecular weight excluding hydrogens is 368 g/mol. The Bertz CT molecular complexity index is 823. The zero-order valence-electron chi connectivity index (χ0n) is 15.4. The number of halogens is 1. The smallest absolute Gasteiger partial charge is 0.339 e. The van der Waals surface area contributed by atoms with Crippen LogP contribution < -0.4 is 10.6 Å². The van der Waals surface area contributed by atoms with Crippen molar-refractivity contribution in [1.82, 2.24) is 5.32 Å². The first-order valence-electron chi connectivity index (χ1n) is 8.43. The van der Waals surface area contributed by atoms with Crippen LogP contribution in [0.3, 0.4) is 0 Å². The number of anilines is 1. The molecular formula is C20H23ClN2O2S. The Morgan fingerprint density at radius 1 is 1.19 bits per heavy atom. The topological polar surface area (TPSA) is 50.4 Å². The van der Waals surface area contributed by atoms with Crippen LogP contribution in [-0.4, -0.2) is 17.7 Å². The van der Waals surface area contributed by atoms with Gasteiger partial charge in [-0.15, -0.1) is 0 Å². The molecule has 4 nitrogen and oxygen atoms in total. The van der Waals surface area contributed by atoms with Gasteiger partial charge in [-0.2, -0.15) is 0 Å². The third-order valence-electron chi connectivity index (χ3n) is 4.10. The molecule has 0 radical (unpaired) electrons. The van der Waals surface area contributed by atoms with E-state index in [9.17, 15) is 4.79 Å². The molecule has 0 bridgehead atoms. The van der Waals surface area contributed by atoms with E-state index < -0.39 is 5.97 Å². The molecule has 0 aliphatic rings. The molecule has 0 amide bonds. The molecule has 0 spiro atoms. The predicted octanol–water partition coefficient (Wildman–Crippen LogP) is 5.18. The number of rotatable bonds is 5. The average Bonchev–Trinajstić information content (AvgIpc) is 2.57. The maximum absolute atomic E-state index is 11.8. The van der Waals surface area contributed by atoms with Crippen molar-refractivity contribution >= 4 is 40.6 Å². The summed E-state index contributed by atoms with van der Waals surface area (Å²) in [7, 11) is 0. The van der Waals surface area contributed by atoms with Crippen molar-refractivity contribution < 1.29 is 9.53 Å². The molecule has 0 saturated heterocycles. The highest BCUT2D eigenvalue weighted by Gasteiger charge is 2.13. The van der Waals surface area contributed by atoms with Crippen LogP contribution in [0.4, 0.5) is 5.69 Å². The molecule has 26 heavy (non-hydrogen) atoms. The van der Waals surface area contributed by atoms with Gasteiger partial charge in [-0.25, -0.2) is 4.79 Å². The highest BCUT2D eigenvalue weighted by molar-refractivity contribution is 7.80. The van der Waals surface area contributed by atoms with Crippen molar-refractivity contribution in [2.45, 2.75) is 33.7 Å². The lowest BCUT2D eigenvalue weighted by Crippen LogP contribution is -2.31. The molecule has 0 heterocycles. The lowest BCUT2D eigenvalue weighted by atomic mass is 10.0. The highest BCUT2D eigenvalue weighted by Crippen LogP contribution is 2.22. The molecule has 1 atom stereocenters. The lowest BCUT2D eigenvalue weighted by molar-refractivity contribution is 0.0526. The minimum atomic E-state index is -0.437. The molecule has 2 aromatic carbocycles. The van der Waals surface area contributed by atoms with Gasteiger partial charge in [0.1, 0.15) is 0 Å². The average molecular weight is 391 g/mol. The van der Waals surface area contributed by atoms with E-state index in [0.717, 1.165) is 5.56 Å². The van der Waals surface area contributed by atoms with Crippen LogP contribution in [0.5, 0.6) is 0 Å². The van der Waals surface area contributed by atoms with Gasteiger partial charge in [-0.3, -0.25) is 0 Å². The van der Waals surface area contributed by atoms with Gasteiger partial charge < -0.3 is 15.4 Å². The maximum Gasteiger partial charge on any atom is 0.339 e. The van der Waals surface area contributed by atoms with E-state index >= 15 is 0 Å². The fraction of sp³-hybridized carbons (Fsp3) is 0.300. The third-order valence-corrected chi connectivity index (χ3v) is 4.63. The van der Waals surface area contributed by atoms with Gasteiger partial charge >= 0.3 is 5.97 Å². The summed E-state index contributed by atoms with van der Waals surface area (Å²) in [6, 6.07) is 11.4. The quantitative estimate of drug-likeness (QED) is 0.544. The number of hydrogen-bond acceptors (Lipinski definition) is 3. The largest absolute Gasteiger partial charge is 0.462 e. The predicted molar refractivity (Wildman–Crippen MR) is 111 cm³/mol. The SMILES string of the molecule is CCOC(=O)c1ccc(NC(=S)N[C@H](C)c2ccc(C)c(C)c2)cc1Cl. The van der Waals surface area contributed by atoms with Gasteiger partial charge in [0.25, 0.3) is 0 Å². The Kier molecular flexibility index (Phi) is 7.00. The van der Waals surface area contributed by atoms with Gasteiger partial charge in [0.2, 0.25) is 0 Å². The van der Waals surface area contributed by atoms with Crippen molar-refractivity contribution in [2.75, 3.05) is 11.9 Å². The van der Waals surface area contributed by atoms with Crippen LogP contribution in [0.15, 0.2) is 36.4 Å². The first-order valence-corrected chi connectivity index (χ1v) is 9.21. The first-order chi connectivity index (χ1) is 12.3.